The van der Waals surface area contributed by atoms with Crippen molar-refractivity contribution in [2.24, 2.45) is 5.41 Å². The van der Waals surface area contributed by atoms with E-state index in [1.807, 2.05) is 0 Å². The van der Waals surface area contributed by atoms with Crippen LogP contribution < -0.4 is 15.4 Å². The van der Waals surface area contributed by atoms with Crippen LogP contribution in [0.2, 0.25) is 5.02 Å². The Balaban J connectivity index is 1.99. The third kappa shape index (κ3) is 7.49. The van der Waals surface area contributed by atoms with Crippen molar-refractivity contribution >= 4 is 45.0 Å². The molecule has 0 aliphatic rings. The van der Waals surface area contributed by atoms with Gasteiger partial charge in [0.1, 0.15) is 18.2 Å². The molecule has 3 rings (SSSR count). The average Bonchev–Trinajstić information content (AvgIpc) is 2.83. The standard InChI is InChI=1S/C27H25BrClF3N2O3/c1-27(2,3)26(36)33-13-16-4-10-20(29)23(24(16)32)15-5-11-21(37-14-22(30)31)19(12-15)25(35)34-18-8-6-17(28)7-9-18/h4-12,22H,13-14H2,1-3H3,(H,33,36)(H,34,35). The molecule has 3 aromatic rings. The summed E-state index contributed by atoms with van der Waals surface area (Å²) in [5, 5.41) is 5.45. The first-order chi connectivity index (χ1) is 17.4. The van der Waals surface area contributed by atoms with E-state index in [-0.39, 0.29) is 45.5 Å². The van der Waals surface area contributed by atoms with E-state index < -0.39 is 30.2 Å². The third-order valence-electron chi connectivity index (χ3n) is 5.27. The van der Waals surface area contributed by atoms with Gasteiger partial charge in [0.05, 0.1) is 10.6 Å². The molecule has 0 spiro atoms. The minimum atomic E-state index is -2.76. The topological polar surface area (TPSA) is 67.4 Å². The summed E-state index contributed by atoms with van der Waals surface area (Å²) in [6.45, 7) is 4.23. The van der Waals surface area contributed by atoms with Gasteiger partial charge >= 0.3 is 0 Å². The van der Waals surface area contributed by atoms with E-state index >= 15 is 4.39 Å². The van der Waals surface area contributed by atoms with Gasteiger partial charge < -0.3 is 15.4 Å². The molecule has 5 nitrogen and oxygen atoms in total. The van der Waals surface area contributed by atoms with Crippen molar-refractivity contribution in [2.45, 2.75) is 33.7 Å². The molecule has 2 N–H and O–H groups in total. The summed E-state index contributed by atoms with van der Waals surface area (Å²) in [4.78, 5) is 25.3. The molecule has 0 atom stereocenters. The molecule has 196 valence electrons. The molecule has 0 bridgehead atoms. The maximum absolute atomic E-state index is 15.6. The van der Waals surface area contributed by atoms with Gasteiger partial charge in [0.25, 0.3) is 12.3 Å². The fraction of sp³-hybridized carbons (Fsp3) is 0.259. The summed E-state index contributed by atoms with van der Waals surface area (Å²) < 4.78 is 47.1. The van der Waals surface area contributed by atoms with Crippen LogP contribution in [0.25, 0.3) is 11.1 Å². The molecule has 0 radical (unpaired) electrons. The monoisotopic (exact) mass is 596 g/mol. The Kier molecular flexibility index (Phi) is 9.26. The maximum atomic E-state index is 15.6. The van der Waals surface area contributed by atoms with E-state index in [1.165, 1.54) is 30.3 Å². The molecule has 10 heteroatoms. The fourth-order valence-corrected chi connectivity index (χ4v) is 3.83. The minimum absolute atomic E-state index is 0.00211. The van der Waals surface area contributed by atoms with Crippen LogP contribution in [0.4, 0.5) is 18.9 Å². The van der Waals surface area contributed by atoms with Gasteiger partial charge in [0.2, 0.25) is 5.91 Å². The average molecular weight is 598 g/mol. The quantitative estimate of drug-likeness (QED) is 0.283. The van der Waals surface area contributed by atoms with Crippen LogP contribution in [0.3, 0.4) is 0 Å². The predicted molar refractivity (Wildman–Crippen MR) is 142 cm³/mol. The van der Waals surface area contributed by atoms with Crippen LogP contribution in [0.1, 0.15) is 36.7 Å². The van der Waals surface area contributed by atoms with Gasteiger partial charge in [-0.1, -0.05) is 60.4 Å². The van der Waals surface area contributed by atoms with Crippen LogP contribution in [-0.2, 0) is 11.3 Å². The molecule has 0 fully saturated rings. The Morgan fingerprint density at radius 2 is 1.73 bits per heavy atom. The van der Waals surface area contributed by atoms with Crippen molar-refractivity contribution in [3.63, 3.8) is 0 Å². The number of benzene rings is 3. The van der Waals surface area contributed by atoms with Crippen molar-refractivity contribution in [3.05, 3.63) is 81.0 Å². The zero-order valence-electron chi connectivity index (χ0n) is 20.3. The summed E-state index contributed by atoms with van der Waals surface area (Å²) >= 11 is 9.64. The van der Waals surface area contributed by atoms with Gasteiger partial charge in [-0.3, -0.25) is 9.59 Å². The highest BCUT2D eigenvalue weighted by molar-refractivity contribution is 9.10. The molecular formula is C27H25BrClF3N2O3. The number of nitrogens with one attached hydrogen (secondary N) is 2. The molecule has 0 unspecified atom stereocenters. The maximum Gasteiger partial charge on any atom is 0.272 e. The van der Waals surface area contributed by atoms with Gasteiger partial charge in [-0.2, -0.15) is 0 Å². The zero-order chi connectivity index (χ0) is 27.3. The van der Waals surface area contributed by atoms with Crippen molar-refractivity contribution < 1.29 is 27.5 Å². The molecule has 0 heterocycles. The normalized spacial score (nSPS) is 11.4. The van der Waals surface area contributed by atoms with Crippen molar-refractivity contribution in [2.75, 3.05) is 11.9 Å². The van der Waals surface area contributed by atoms with Gasteiger partial charge in [-0.15, -0.1) is 0 Å². The Labute approximate surface area is 226 Å². The number of hydrogen-bond donors (Lipinski definition) is 2. The smallest absolute Gasteiger partial charge is 0.272 e. The van der Waals surface area contributed by atoms with Crippen LogP contribution in [0.15, 0.2) is 59.1 Å². The van der Waals surface area contributed by atoms with Gasteiger partial charge in [-0.05, 0) is 48.0 Å². The Morgan fingerprint density at radius 3 is 2.35 bits per heavy atom. The SMILES string of the molecule is CC(C)(C)C(=O)NCc1ccc(Cl)c(-c2ccc(OCC(F)F)c(C(=O)Nc3ccc(Br)cc3)c2)c1F. The molecule has 0 aliphatic heterocycles. The molecule has 37 heavy (non-hydrogen) atoms. The molecule has 0 saturated heterocycles. The van der Waals surface area contributed by atoms with Gasteiger partial charge in [0.15, 0.2) is 0 Å². The number of ether oxygens (including phenoxy) is 1. The molecule has 2 amide bonds. The summed E-state index contributed by atoms with van der Waals surface area (Å²) in [6.07, 6.45) is -2.76. The summed E-state index contributed by atoms with van der Waals surface area (Å²) in [5.74, 6) is -1.67. The van der Waals surface area contributed by atoms with Crippen LogP contribution in [0.5, 0.6) is 5.75 Å². The molecule has 0 saturated carbocycles. The van der Waals surface area contributed by atoms with E-state index in [0.717, 1.165) is 4.47 Å². The second kappa shape index (κ2) is 12.0. The fourth-order valence-electron chi connectivity index (χ4n) is 3.31. The highest BCUT2D eigenvalue weighted by Gasteiger charge is 2.23. The van der Waals surface area contributed by atoms with Gasteiger partial charge in [-0.25, -0.2) is 13.2 Å². The third-order valence-corrected chi connectivity index (χ3v) is 6.12. The minimum Gasteiger partial charge on any atom is -0.487 e. The van der Waals surface area contributed by atoms with Gasteiger partial charge in [0, 0.05) is 33.2 Å². The Morgan fingerprint density at radius 1 is 1.05 bits per heavy atom. The van der Waals surface area contributed by atoms with Crippen LogP contribution in [-0.4, -0.2) is 24.8 Å². The van der Waals surface area contributed by atoms with E-state index in [2.05, 4.69) is 26.6 Å². The van der Waals surface area contributed by atoms with E-state index in [4.69, 9.17) is 16.3 Å². The Hall–Kier alpha value is -3.04. The lowest BCUT2D eigenvalue weighted by molar-refractivity contribution is -0.128. The lowest BCUT2D eigenvalue weighted by Crippen LogP contribution is -2.34. The van der Waals surface area contributed by atoms with Crippen molar-refractivity contribution in [1.29, 1.82) is 0 Å². The van der Waals surface area contributed by atoms with E-state index in [9.17, 15) is 18.4 Å². The second-order valence-corrected chi connectivity index (χ2v) is 10.5. The molecule has 0 aromatic heterocycles. The number of hydrogen-bond acceptors (Lipinski definition) is 3. The summed E-state index contributed by atoms with van der Waals surface area (Å²) in [6, 6.07) is 13.8. The van der Waals surface area contributed by atoms with Crippen molar-refractivity contribution in [3.8, 4) is 16.9 Å². The number of carbonyl (C=O) groups excluding carboxylic acids is 2. The number of halogens is 5. The first-order valence-corrected chi connectivity index (χ1v) is 12.4. The summed E-state index contributed by atoms with van der Waals surface area (Å²) in [7, 11) is 0. The van der Waals surface area contributed by atoms with Crippen LogP contribution in [0, 0.1) is 11.2 Å². The summed E-state index contributed by atoms with van der Waals surface area (Å²) in [5.41, 5.74) is 0.147. The number of alkyl halides is 2. The number of amides is 2. The Bertz CT molecular complexity index is 1300. The number of anilines is 1. The van der Waals surface area contributed by atoms with E-state index in [1.54, 1.807) is 45.0 Å². The highest BCUT2D eigenvalue weighted by atomic mass is 79.9. The van der Waals surface area contributed by atoms with Crippen molar-refractivity contribution in [1.82, 2.24) is 5.32 Å². The lowest BCUT2D eigenvalue weighted by Gasteiger charge is -2.19. The largest absolute Gasteiger partial charge is 0.487 e. The first kappa shape index (κ1) is 28.5. The van der Waals surface area contributed by atoms with Crippen LogP contribution >= 0.6 is 27.5 Å². The number of rotatable bonds is 8. The lowest BCUT2D eigenvalue weighted by atomic mass is 9.95. The second-order valence-electron chi connectivity index (χ2n) is 9.20. The zero-order valence-corrected chi connectivity index (χ0v) is 22.6. The predicted octanol–water partition coefficient (Wildman–Crippen LogP) is 7.47. The first-order valence-electron chi connectivity index (χ1n) is 11.2. The molecule has 0 aliphatic carbocycles. The molecule has 3 aromatic carbocycles. The number of carbonyl (C=O) groups is 2. The van der Waals surface area contributed by atoms with E-state index in [0.29, 0.717) is 5.69 Å². The highest BCUT2D eigenvalue weighted by Crippen LogP contribution is 2.35. The molecular weight excluding hydrogens is 573 g/mol.